The lowest BCUT2D eigenvalue weighted by Crippen LogP contribution is -2.45. The highest BCUT2D eigenvalue weighted by molar-refractivity contribution is 6.28. The molecule has 0 bridgehead atoms. The molecule has 0 aliphatic carbocycles. The van der Waals surface area contributed by atoms with Crippen molar-refractivity contribution in [1.82, 2.24) is 15.0 Å². The number of aromatic nitrogens is 3. The standard InChI is InChI=1S/C22H24ClN5/c1-16-10-9-11-17(2)27(16)21-24-20(23)25-22(26-21)28(18-12-5-3-6-13-18)19-14-7-4-8-15-19/h3-8,12-17H,9-11H2,1-2H3/t16-,17-/m1/s1. The first kappa shape index (κ1) is 18.7. The quantitative estimate of drug-likeness (QED) is 0.563. The Morgan fingerprint density at radius 1 is 0.821 bits per heavy atom. The van der Waals surface area contributed by atoms with Crippen molar-refractivity contribution in [2.75, 3.05) is 9.80 Å². The van der Waals surface area contributed by atoms with E-state index in [1.165, 1.54) is 6.42 Å². The van der Waals surface area contributed by atoms with Crippen LogP contribution in [-0.4, -0.2) is 27.0 Å². The van der Waals surface area contributed by atoms with Crippen LogP contribution in [0.15, 0.2) is 60.7 Å². The third-order valence-electron chi connectivity index (χ3n) is 5.24. The zero-order valence-electron chi connectivity index (χ0n) is 16.2. The van der Waals surface area contributed by atoms with Gasteiger partial charge in [-0.25, -0.2) is 0 Å². The van der Waals surface area contributed by atoms with E-state index < -0.39 is 0 Å². The Morgan fingerprint density at radius 2 is 1.36 bits per heavy atom. The number of anilines is 4. The SMILES string of the molecule is C[C@@H]1CCC[C@@H](C)N1c1nc(Cl)nc(N(c2ccccc2)c2ccccc2)n1. The van der Waals surface area contributed by atoms with Crippen molar-refractivity contribution in [2.24, 2.45) is 0 Å². The summed E-state index contributed by atoms with van der Waals surface area (Å²) in [5.74, 6) is 1.17. The van der Waals surface area contributed by atoms with Gasteiger partial charge in [-0.1, -0.05) is 36.4 Å². The fraction of sp³-hybridized carbons (Fsp3) is 0.318. The van der Waals surface area contributed by atoms with Gasteiger partial charge in [0.25, 0.3) is 0 Å². The predicted molar refractivity (Wildman–Crippen MR) is 115 cm³/mol. The smallest absolute Gasteiger partial charge is 0.240 e. The Hall–Kier alpha value is -2.66. The third kappa shape index (κ3) is 3.80. The number of piperidine rings is 1. The van der Waals surface area contributed by atoms with E-state index in [-0.39, 0.29) is 5.28 Å². The molecule has 0 spiro atoms. The van der Waals surface area contributed by atoms with Crippen LogP contribution in [0.1, 0.15) is 33.1 Å². The van der Waals surface area contributed by atoms with Gasteiger partial charge in [0, 0.05) is 23.5 Å². The molecule has 1 fully saturated rings. The molecule has 1 aliphatic rings. The van der Waals surface area contributed by atoms with E-state index >= 15 is 0 Å². The van der Waals surface area contributed by atoms with Crippen LogP contribution < -0.4 is 9.80 Å². The molecular weight excluding hydrogens is 370 g/mol. The maximum absolute atomic E-state index is 6.37. The first-order chi connectivity index (χ1) is 13.6. The number of nitrogens with zero attached hydrogens (tertiary/aromatic N) is 5. The van der Waals surface area contributed by atoms with E-state index in [9.17, 15) is 0 Å². The van der Waals surface area contributed by atoms with E-state index in [1.807, 2.05) is 65.6 Å². The number of hydrogen-bond donors (Lipinski definition) is 0. The number of rotatable bonds is 4. The molecule has 3 aromatic rings. The van der Waals surface area contributed by atoms with Crippen molar-refractivity contribution in [3.05, 3.63) is 65.9 Å². The van der Waals surface area contributed by atoms with Crippen molar-refractivity contribution in [2.45, 2.75) is 45.2 Å². The Balaban J connectivity index is 1.82. The second kappa shape index (κ2) is 8.15. The highest BCUT2D eigenvalue weighted by atomic mass is 35.5. The van der Waals surface area contributed by atoms with E-state index in [0.29, 0.717) is 24.0 Å². The summed E-state index contributed by atoms with van der Waals surface area (Å²) in [6.45, 7) is 4.44. The molecule has 1 aliphatic heterocycles. The number of halogens is 1. The maximum atomic E-state index is 6.37. The lowest BCUT2D eigenvalue weighted by Gasteiger charge is -2.39. The number of hydrogen-bond acceptors (Lipinski definition) is 5. The molecule has 0 unspecified atom stereocenters. The first-order valence-electron chi connectivity index (χ1n) is 9.73. The molecule has 2 aromatic carbocycles. The topological polar surface area (TPSA) is 45.2 Å². The molecule has 4 rings (SSSR count). The lowest BCUT2D eigenvalue weighted by atomic mass is 9.98. The maximum Gasteiger partial charge on any atom is 0.240 e. The Labute approximate surface area is 171 Å². The van der Waals surface area contributed by atoms with Crippen LogP contribution in [0, 0.1) is 0 Å². The van der Waals surface area contributed by atoms with Gasteiger partial charge in [-0.3, -0.25) is 4.90 Å². The van der Waals surface area contributed by atoms with Crippen molar-refractivity contribution in [3.63, 3.8) is 0 Å². The van der Waals surface area contributed by atoms with Gasteiger partial charge < -0.3 is 4.90 Å². The van der Waals surface area contributed by atoms with Crippen molar-refractivity contribution in [3.8, 4) is 0 Å². The van der Waals surface area contributed by atoms with E-state index in [2.05, 4.69) is 28.7 Å². The molecule has 2 atom stereocenters. The van der Waals surface area contributed by atoms with Crippen LogP contribution in [0.5, 0.6) is 0 Å². The zero-order chi connectivity index (χ0) is 19.5. The van der Waals surface area contributed by atoms with Crippen LogP contribution in [0.4, 0.5) is 23.3 Å². The Kier molecular flexibility index (Phi) is 5.44. The fourth-order valence-electron chi connectivity index (χ4n) is 3.89. The van der Waals surface area contributed by atoms with Crippen LogP contribution in [0.2, 0.25) is 5.28 Å². The molecular formula is C22H24ClN5. The molecule has 6 heteroatoms. The van der Waals surface area contributed by atoms with E-state index in [4.69, 9.17) is 16.6 Å². The minimum absolute atomic E-state index is 0.210. The van der Waals surface area contributed by atoms with Crippen molar-refractivity contribution >= 4 is 34.9 Å². The summed E-state index contributed by atoms with van der Waals surface area (Å²) in [4.78, 5) is 18.1. The van der Waals surface area contributed by atoms with Gasteiger partial charge in [0.1, 0.15) is 0 Å². The molecule has 0 amide bonds. The Bertz CT molecular complexity index is 869. The summed E-state index contributed by atoms with van der Waals surface area (Å²) in [6, 6.07) is 20.9. The average Bonchev–Trinajstić information content (AvgIpc) is 2.69. The normalized spacial score (nSPS) is 19.5. The molecule has 28 heavy (non-hydrogen) atoms. The summed E-state index contributed by atoms with van der Waals surface area (Å²) in [5.41, 5.74) is 1.95. The van der Waals surface area contributed by atoms with Gasteiger partial charge >= 0.3 is 0 Å². The molecule has 2 heterocycles. The van der Waals surface area contributed by atoms with Gasteiger partial charge in [0.2, 0.25) is 17.2 Å². The number of benzene rings is 2. The van der Waals surface area contributed by atoms with E-state index in [1.54, 1.807) is 0 Å². The van der Waals surface area contributed by atoms with Crippen molar-refractivity contribution in [1.29, 1.82) is 0 Å². The fourth-order valence-corrected chi connectivity index (χ4v) is 4.05. The lowest BCUT2D eigenvalue weighted by molar-refractivity contribution is 0.407. The highest BCUT2D eigenvalue weighted by Crippen LogP contribution is 2.34. The van der Waals surface area contributed by atoms with Crippen LogP contribution in [0.3, 0.4) is 0 Å². The minimum atomic E-state index is 0.210. The van der Waals surface area contributed by atoms with Gasteiger partial charge in [-0.2, -0.15) is 15.0 Å². The second-order valence-electron chi connectivity index (χ2n) is 7.25. The van der Waals surface area contributed by atoms with Gasteiger partial charge in [0.05, 0.1) is 0 Å². The van der Waals surface area contributed by atoms with Crippen LogP contribution in [0.25, 0.3) is 0 Å². The monoisotopic (exact) mass is 393 g/mol. The predicted octanol–water partition coefficient (Wildman–Crippen LogP) is 5.76. The van der Waals surface area contributed by atoms with Gasteiger partial charge in [-0.15, -0.1) is 0 Å². The minimum Gasteiger partial charge on any atom is -0.335 e. The zero-order valence-corrected chi connectivity index (χ0v) is 16.9. The molecule has 0 radical (unpaired) electrons. The average molecular weight is 394 g/mol. The molecule has 5 nitrogen and oxygen atoms in total. The van der Waals surface area contributed by atoms with Crippen molar-refractivity contribution < 1.29 is 0 Å². The van der Waals surface area contributed by atoms with Crippen LogP contribution >= 0.6 is 11.6 Å². The summed E-state index contributed by atoms with van der Waals surface area (Å²) in [7, 11) is 0. The first-order valence-corrected chi connectivity index (χ1v) is 10.1. The Morgan fingerprint density at radius 3 is 1.89 bits per heavy atom. The summed E-state index contributed by atoms with van der Waals surface area (Å²) in [5, 5.41) is 0.210. The van der Waals surface area contributed by atoms with Gasteiger partial charge in [-0.05, 0) is 69.0 Å². The van der Waals surface area contributed by atoms with Crippen LogP contribution in [-0.2, 0) is 0 Å². The molecule has 0 N–H and O–H groups in total. The molecule has 1 aromatic heterocycles. The summed E-state index contributed by atoms with van der Waals surface area (Å²) >= 11 is 6.37. The largest absolute Gasteiger partial charge is 0.335 e. The highest BCUT2D eigenvalue weighted by Gasteiger charge is 2.28. The third-order valence-corrected chi connectivity index (χ3v) is 5.41. The molecule has 1 saturated heterocycles. The molecule has 144 valence electrons. The molecule has 0 saturated carbocycles. The summed E-state index contributed by atoms with van der Waals surface area (Å²) in [6.07, 6.45) is 3.48. The number of para-hydroxylation sites is 2. The van der Waals surface area contributed by atoms with E-state index in [0.717, 1.165) is 24.2 Å². The summed E-state index contributed by atoms with van der Waals surface area (Å²) < 4.78 is 0. The second-order valence-corrected chi connectivity index (χ2v) is 7.59. The van der Waals surface area contributed by atoms with Gasteiger partial charge in [0.15, 0.2) is 0 Å².